The molecule has 134 valence electrons. The zero-order chi connectivity index (χ0) is 18.2. The zero-order valence-corrected chi connectivity index (χ0v) is 14.8. The maximum absolute atomic E-state index is 12.2. The van der Waals surface area contributed by atoms with Gasteiger partial charge in [0.2, 0.25) is 0 Å². The van der Waals surface area contributed by atoms with Gasteiger partial charge in [-0.2, -0.15) is 0 Å². The van der Waals surface area contributed by atoms with Gasteiger partial charge < -0.3 is 4.74 Å². The maximum atomic E-state index is 12.2. The van der Waals surface area contributed by atoms with E-state index in [0.717, 1.165) is 38.5 Å². The number of carbonyl (C=O) groups excluding carboxylic acids is 3. The van der Waals surface area contributed by atoms with Crippen molar-refractivity contribution in [3.63, 3.8) is 0 Å². The second-order valence-electron chi connectivity index (χ2n) is 6.35. The summed E-state index contributed by atoms with van der Waals surface area (Å²) in [5.74, 6) is -0.694. The van der Waals surface area contributed by atoms with E-state index in [-0.39, 0.29) is 17.8 Å². The molecule has 2 amide bonds. The Kier molecular flexibility index (Phi) is 6.92. The van der Waals surface area contributed by atoms with E-state index >= 15 is 0 Å². The lowest BCUT2D eigenvalue weighted by atomic mass is 10.1. The molecule has 1 aromatic carbocycles. The Balaban J connectivity index is 1.56. The number of benzene rings is 1. The molecule has 0 bridgehead atoms. The van der Waals surface area contributed by atoms with Crippen LogP contribution in [0.4, 0.5) is 0 Å². The fourth-order valence-electron chi connectivity index (χ4n) is 2.81. The standard InChI is InChI=1S/C20H25NO4/c1-15(2)20(24)25-14-10-6-4-3-5-9-13-21-18(22)16-11-7-8-12-17(16)19(21)23/h7-8,11-12H,1,3-6,9-10,13-14H2,2H3. The molecular weight excluding hydrogens is 318 g/mol. The van der Waals surface area contributed by atoms with E-state index in [1.165, 1.54) is 4.90 Å². The Labute approximate surface area is 148 Å². The summed E-state index contributed by atoms with van der Waals surface area (Å²) < 4.78 is 5.03. The molecule has 0 aromatic heterocycles. The minimum absolute atomic E-state index is 0.181. The molecule has 1 aliphatic rings. The molecule has 5 heteroatoms. The number of hydrogen-bond acceptors (Lipinski definition) is 4. The fourth-order valence-corrected chi connectivity index (χ4v) is 2.81. The van der Waals surface area contributed by atoms with E-state index in [2.05, 4.69) is 6.58 Å². The van der Waals surface area contributed by atoms with Gasteiger partial charge in [-0.05, 0) is 31.9 Å². The SMILES string of the molecule is C=C(C)C(=O)OCCCCCCCCN1C(=O)c2ccccc2C1=O. The lowest BCUT2D eigenvalue weighted by Gasteiger charge is -2.13. The minimum Gasteiger partial charge on any atom is -0.462 e. The number of hydrogen-bond donors (Lipinski definition) is 0. The normalized spacial score (nSPS) is 13.1. The van der Waals surface area contributed by atoms with Gasteiger partial charge in [0.15, 0.2) is 0 Å². The lowest BCUT2D eigenvalue weighted by molar-refractivity contribution is -0.139. The molecule has 1 aromatic rings. The van der Waals surface area contributed by atoms with Gasteiger partial charge in [0.05, 0.1) is 17.7 Å². The van der Waals surface area contributed by atoms with Gasteiger partial charge in [-0.1, -0.05) is 44.4 Å². The van der Waals surface area contributed by atoms with Crippen LogP contribution in [0.25, 0.3) is 0 Å². The molecule has 2 rings (SSSR count). The van der Waals surface area contributed by atoms with Crippen molar-refractivity contribution in [1.82, 2.24) is 4.90 Å². The third-order valence-electron chi connectivity index (χ3n) is 4.24. The molecule has 0 N–H and O–H groups in total. The molecular formula is C20H25NO4. The Hall–Kier alpha value is -2.43. The van der Waals surface area contributed by atoms with E-state index < -0.39 is 0 Å². The summed E-state index contributed by atoms with van der Waals surface area (Å²) in [6.07, 6.45) is 5.72. The summed E-state index contributed by atoms with van der Waals surface area (Å²) >= 11 is 0. The van der Waals surface area contributed by atoms with Crippen LogP contribution in [0, 0.1) is 0 Å². The first kappa shape index (κ1) is 18.9. The zero-order valence-electron chi connectivity index (χ0n) is 14.8. The highest BCUT2D eigenvalue weighted by molar-refractivity contribution is 6.21. The van der Waals surface area contributed by atoms with E-state index in [9.17, 15) is 14.4 Å². The Bertz CT molecular complexity index is 630. The van der Waals surface area contributed by atoms with Crippen LogP contribution in [0.2, 0.25) is 0 Å². The number of nitrogens with zero attached hydrogens (tertiary/aromatic N) is 1. The van der Waals surface area contributed by atoms with Crippen LogP contribution in [-0.4, -0.2) is 35.8 Å². The number of unbranched alkanes of at least 4 members (excludes halogenated alkanes) is 5. The highest BCUT2D eigenvalue weighted by Crippen LogP contribution is 2.22. The molecule has 0 atom stereocenters. The first-order valence-corrected chi connectivity index (χ1v) is 8.80. The van der Waals surface area contributed by atoms with E-state index in [0.29, 0.717) is 29.9 Å². The van der Waals surface area contributed by atoms with E-state index in [1.54, 1.807) is 31.2 Å². The minimum atomic E-state index is -0.332. The third-order valence-corrected chi connectivity index (χ3v) is 4.24. The second-order valence-corrected chi connectivity index (χ2v) is 6.35. The number of fused-ring (bicyclic) bond motifs is 1. The van der Waals surface area contributed by atoms with Crippen LogP contribution in [0.5, 0.6) is 0 Å². The van der Waals surface area contributed by atoms with Gasteiger partial charge in [-0.15, -0.1) is 0 Å². The van der Waals surface area contributed by atoms with Crippen LogP contribution in [0.15, 0.2) is 36.4 Å². The molecule has 0 fully saturated rings. The first-order valence-electron chi connectivity index (χ1n) is 8.80. The smallest absolute Gasteiger partial charge is 0.333 e. The van der Waals surface area contributed by atoms with Crippen LogP contribution in [0.1, 0.15) is 66.2 Å². The lowest BCUT2D eigenvalue weighted by Crippen LogP contribution is -2.30. The molecule has 0 aliphatic carbocycles. The number of carbonyl (C=O) groups is 3. The average Bonchev–Trinajstić information content (AvgIpc) is 2.85. The van der Waals surface area contributed by atoms with E-state index in [1.807, 2.05) is 0 Å². The molecule has 0 unspecified atom stereocenters. The number of esters is 1. The third kappa shape index (κ3) is 5.02. The Morgan fingerprint density at radius 2 is 1.48 bits per heavy atom. The summed E-state index contributed by atoms with van der Waals surface area (Å²) in [5, 5.41) is 0. The molecule has 1 aliphatic heterocycles. The maximum Gasteiger partial charge on any atom is 0.333 e. The van der Waals surface area contributed by atoms with Gasteiger partial charge >= 0.3 is 5.97 Å². The van der Waals surface area contributed by atoms with Crippen LogP contribution in [0.3, 0.4) is 0 Å². The second kappa shape index (κ2) is 9.16. The monoisotopic (exact) mass is 343 g/mol. The topological polar surface area (TPSA) is 63.7 Å². The van der Waals surface area contributed by atoms with Crippen LogP contribution >= 0.6 is 0 Å². The predicted octanol–water partition coefficient (Wildman–Crippen LogP) is 3.74. The van der Waals surface area contributed by atoms with Gasteiger partial charge in [0, 0.05) is 12.1 Å². The van der Waals surface area contributed by atoms with Crippen molar-refractivity contribution in [2.24, 2.45) is 0 Å². The predicted molar refractivity (Wildman–Crippen MR) is 95.3 cm³/mol. The summed E-state index contributed by atoms with van der Waals surface area (Å²) in [7, 11) is 0. The van der Waals surface area contributed by atoms with Gasteiger partial charge in [0.1, 0.15) is 0 Å². The van der Waals surface area contributed by atoms with Crippen molar-refractivity contribution in [2.45, 2.75) is 45.4 Å². The molecule has 0 saturated carbocycles. The largest absolute Gasteiger partial charge is 0.462 e. The molecule has 0 spiro atoms. The summed E-state index contributed by atoms with van der Waals surface area (Å²) in [5.41, 5.74) is 1.45. The number of amides is 2. The van der Waals surface area contributed by atoms with Gasteiger partial charge in [-0.25, -0.2) is 4.79 Å². The van der Waals surface area contributed by atoms with Crippen molar-refractivity contribution in [3.8, 4) is 0 Å². The quantitative estimate of drug-likeness (QED) is 0.281. The first-order chi connectivity index (χ1) is 12.0. The van der Waals surface area contributed by atoms with Crippen molar-refractivity contribution in [1.29, 1.82) is 0 Å². The highest BCUT2D eigenvalue weighted by Gasteiger charge is 2.34. The number of rotatable bonds is 10. The number of ether oxygens (including phenoxy) is 1. The summed E-state index contributed by atoms with van der Waals surface area (Å²) in [6.45, 7) is 6.08. The Morgan fingerprint density at radius 1 is 0.960 bits per heavy atom. The molecule has 5 nitrogen and oxygen atoms in total. The average molecular weight is 343 g/mol. The highest BCUT2D eigenvalue weighted by atomic mass is 16.5. The van der Waals surface area contributed by atoms with Gasteiger partial charge in [-0.3, -0.25) is 14.5 Å². The molecule has 0 radical (unpaired) electrons. The molecule has 25 heavy (non-hydrogen) atoms. The van der Waals surface area contributed by atoms with Crippen LogP contribution < -0.4 is 0 Å². The molecule has 0 saturated heterocycles. The van der Waals surface area contributed by atoms with E-state index in [4.69, 9.17) is 4.74 Å². The number of imide groups is 1. The van der Waals surface area contributed by atoms with Crippen LogP contribution in [-0.2, 0) is 9.53 Å². The summed E-state index contributed by atoms with van der Waals surface area (Å²) in [6, 6.07) is 6.97. The summed E-state index contributed by atoms with van der Waals surface area (Å²) in [4.78, 5) is 37.0. The molecule has 1 heterocycles. The van der Waals surface area contributed by atoms with Gasteiger partial charge in [0.25, 0.3) is 11.8 Å². The van der Waals surface area contributed by atoms with Crippen molar-refractivity contribution in [3.05, 3.63) is 47.5 Å². The van der Waals surface area contributed by atoms with Crippen molar-refractivity contribution in [2.75, 3.05) is 13.2 Å². The Morgan fingerprint density at radius 3 is 2.04 bits per heavy atom. The van der Waals surface area contributed by atoms with Crippen molar-refractivity contribution < 1.29 is 19.1 Å². The fraction of sp³-hybridized carbons (Fsp3) is 0.450. The van der Waals surface area contributed by atoms with Crippen molar-refractivity contribution >= 4 is 17.8 Å².